The van der Waals surface area contributed by atoms with Gasteiger partial charge in [0.05, 0.1) is 11.8 Å². The van der Waals surface area contributed by atoms with Gasteiger partial charge in [0.15, 0.2) is 0 Å². The Labute approximate surface area is 58.9 Å². The number of rotatable bonds is 0. The molecule has 0 saturated heterocycles. The minimum atomic E-state index is 0.913. The second-order valence-electron chi connectivity index (χ2n) is 1.57. The van der Waals surface area contributed by atoms with Gasteiger partial charge in [-0.3, -0.25) is 0 Å². The van der Waals surface area contributed by atoms with Crippen LogP contribution in [0.3, 0.4) is 0 Å². The molecule has 1 heterocycles. The molecule has 1 rings (SSSR count). The molecule has 2 heteroatoms. The third-order valence-electron chi connectivity index (χ3n) is 0.842. The standard InChI is InChI=1S/C7H7NS/c1-2-3-4-7-5-8-9-6-7/h5-6H,2H2,1H3. The third-order valence-corrected chi connectivity index (χ3v) is 1.43. The van der Waals surface area contributed by atoms with E-state index in [1.165, 1.54) is 11.5 Å². The van der Waals surface area contributed by atoms with Gasteiger partial charge in [0.25, 0.3) is 0 Å². The SMILES string of the molecule is CCC#Cc1cnsc1. The van der Waals surface area contributed by atoms with Gasteiger partial charge in [0, 0.05) is 11.8 Å². The Hall–Kier alpha value is -0.810. The molecule has 9 heavy (non-hydrogen) atoms. The zero-order valence-electron chi connectivity index (χ0n) is 5.22. The first-order valence-electron chi connectivity index (χ1n) is 2.81. The van der Waals surface area contributed by atoms with E-state index >= 15 is 0 Å². The zero-order chi connectivity index (χ0) is 6.53. The summed E-state index contributed by atoms with van der Waals surface area (Å²) < 4.78 is 3.91. The van der Waals surface area contributed by atoms with E-state index in [1.54, 1.807) is 6.20 Å². The maximum Gasteiger partial charge on any atom is 0.0563 e. The molecule has 0 aliphatic rings. The van der Waals surface area contributed by atoms with E-state index in [4.69, 9.17) is 0 Å². The Morgan fingerprint density at radius 2 is 2.67 bits per heavy atom. The summed E-state index contributed by atoms with van der Waals surface area (Å²) in [6.07, 6.45) is 2.70. The average Bonchev–Trinajstić information content (AvgIpc) is 2.34. The maximum atomic E-state index is 3.91. The van der Waals surface area contributed by atoms with Crippen LogP contribution >= 0.6 is 11.5 Å². The normalized spacial score (nSPS) is 8.11. The molecule has 0 radical (unpaired) electrons. The second-order valence-corrected chi connectivity index (χ2v) is 2.23. The molecule has 0 atom stereocenters. The van der Waals surface area contributed by atoms with Crippen LogP contribution in [0.4, 0.5) is 0 Å². The lowest BCUT2D eigenvalue weighted by molar-refractivity contribution is 1.28. The molecular formula is C7H7NS. The summed E-state index contributed by atoms with van der Waals surface area (Å²) in [5.41, 5.74) is 1.03. The zero-order valence-corrected chi connectivity index (χ0v) is 6.03. The fraction of sp³-hybridized carbons (Fsp3) is 0.286. The molecule has 0 aliphatic heterocycles. The lowest BCUT2D eigenvalue weighted by atomic mass is 10.3. The van der Waals surface area contributed by atoms with Crippen molar-refractivity contribution in [2.75, 3.05) is 0 Å². The van der Waals surface area contributed by atoms with Crippen LogP contribution in [0.15, 0.2) is 11.6 Å². The van der Waals surface area contributed by atoms with Gasteiger partial charge in [-0.1, -0.05) is 18.8 Å². The van der Waals surface area contributed by atoms with E-state index in [-0.39, 0.29) is 0 Å². The second kappa shape index (κ2) is 3.26. The molecule has 0 amide bonds. The van der Waals surface area contributed by atoms with E-state index in [1.807, 2.05) is 12.3 Å². The molecule has 46 valence electrons. The smallest absolute Gasteiger partial charge is 0.0563 e. The third kappa shape index (κ3) is 1.87. The Morgan fingerprint density at radius 3 is 3.22 bits per heavy atom. The molecule has 1 aromatic heterocycles. The van der Waals surface area contributed by atoms with Gasteiger partial charge in [-0.25, -0.2) is 0 Å². The van der Waals surface area contributed by atoms with Crippen LogP contribution < -0.4 is 0 Å². The van der Waals surface area contributed by atoms with Crippen molar-refractivity contribution >= 4 is 11.5 Å². The van der Waals surface area contributed by atoms with Crippen LogP contribution in [0.1, 0.15) is 18.9 Å². The number of hydrogen-bond acceptors (Lipinski definition) is 2. The number of nitrogens with zero attached hydrogens (tertiary/aromatic N) is 1. The van der Waals surface area contributed by atoms with Crippen molar-refractivity contribution in [1.29, 1.82) is 0 Å². The van der Waals surface area contributed by atoms with E-state index in [0.29, 0.717) is 0 Å². The highest BCUT2D eigenvalue weighted by molar-refractivity contribution is 7.03. The first-order valence-corrected chi connectivity index (χ1v) is 3.65. The lowest BCUT2D eigenvalue weighted by Gasteiger charge is -1.71. The largest absolute Gasteiger partial charge is 0.200 e. The summed E-state index contributed by atoms with van der Waals surface area (Å²) in [6.45, 7) is 2.03. The Kier molecular flexibility index (Phi) is 2.29. The predicted octanol–water partition coefficient (Wildman–Crippen LogP) is 1.90. The topological polar surface area (TPSA) is 12.9 Å². The van der Waals surface area contributed by atoms with E-state index in [2.05, 4.69) is 16.2 Å². The molecule has 0 saturated carbocycles. The van der Waals surface area contributed by atoms with Crippen LogP contribution in [0.25, 0.3) is 0 Å². The Morgan fingerprint density at radius 1 is 1.78 bits per heavy atom. The molecule has 0 aromatic carbocycles. The van der Waals surface area contributed by atoms with E-state index in [9.17, 15) is 0 Å². The van der Waals surface area contributed by atoms with E-state index < -0.39 is 0 Å². The van der Waals surface area contributed by atoms with Crippen LogP contribution in [0.5, 0.6) is 0 Å². The minimum Gasteiger partial charge on any atom is -0.200 e. The summed E-state index contributed by atoms with van der Waals surface area (Å²) in [4.78, 5) is 0. The van der Waals surface area contributed by atoms with Crippen LogP contribution in [-0.2, 0) is 0 Å². The fourth-order valence-corrected chi connectivity index (χ4v) is 0.926. The number of aromatic nitrogens is 1. The summed E-state index contributed by atoms with van der Waals surface area (Å²) in [5, 5.41) is 1.95. The summed E-state index contributed by atoms with van der Waals surface area (Å²) in [5.74, 6) is 5.94. The van der Waals surface area contributed by atoms with Crippen molar-refractivity contribution < 1.29 is 0 Å². The molecule has 0 bridgehead atoms. The summed E-state index contributed by atoms with van der Waals surface area (Å²) in [7, 11) is 0. The van der Waals surface area contributed by atoms with Crippen molar-refractivity contribution in [2.24, 2.45) is 0 Å². The highest BCUT2D eigenvalue weighted by Crippen LogP contribution is 1.97. The van der Waals surface area contributed by atoms with Crippen molar-refractivity contribution in [2.45, 2.75) is 13.3 Å². The molecule has 0 unspecified atom stereocenters. The van der Waals surface area contributed by atoms with Gasteiger partial charge in [-0.2, -0.15) is 4.37 Å². The minimum absolute atomic E-state index is 0.913. The van der Waals surface area contributed by atoms with Gasteiger partial charge < -0.3 is 0 Å². The van der Waals surface area contributed by atoms with Crippen molar-refractivity contribution in [3.63, 3.8) is 0 Å². The Bertz CT molecular complexity index is 215. The fourth-order valence-electron chi connectivity index (χ4n) is 0.457. The maximum absolute atomic E-state index is 3.91. The van der Waals surface area contributed by atoms with Gasteiger partial charge in [0.2, 0.25) is 0 Å². The van der Waals surface area contributed by atoms with Crippen LogP contribution in [0.2, 0.25) is 0 Å². The van der Waals surface area contributed by atoms with Gasteiger partial charge in [-0.15, -0.1) is 0 Å². The van der Waals surface area contributed by atoms with Crippen molar-refractivity contribution in [3.05, 3.63) is 17.1 Å². The van der Waals surface area contributed by atoms with Crippen LogP contribution in [0, 0.1) is 11.8 Å². The predicted molar refractivity (Wildman–Crippen MR) is 39.3 cm³/mol. The first kappa shape index (κ1) is 6.31. The summed E-state index contributed by atoms with van der Waals surface area (Å²) >= 11 is 1.44. The molecule has 0 spiro atoms. The van der Waals surface area contributed by atoms with Crippen molar-refractivity contribution in [3.8, 4) is 11.8 Å². The quantitative estimate of drug-likeness (QED) is 0.498. The monoisotopic (exact) mass is 137 g/mol. The number of hydrogen-bond donors (Lipinski definition) is 0. The molecular weight excluding hydrogens is 130 g/mol. The van der Waals surface area contributed by atoms with Crippen molar-refractivity contribution in [1.82, 2.24) is 4.37 Å². The molecule has 0 N–H and O–H groups in total. The van der Waals surface area contributed by atoms with Gasteiger partial charge in [-0.05, 0) is 11.5 Å². The molecule has 1 aromatic rings. The van der Waals surface area contributed by atoms with Gasteiger partial charge in [0.1, 0.15) is 0 Å². The molecule has 0 fully saturated rings. The highest BCUT2D eigenvalue weighted by atomic mass is 32.1. The first-order chi connectivity index (χ1) is 4.43. The Balaban J connectivity index is 2.67. The molecule has 1 nitrogen and oxygen atoms in total. The van der Waals surface area contributed by atoms with Gasteiger partial charge >= 0.3 is 0 Å². The van der Waals surface area contributed by atoms with E-state index in [0.717, 1.165) is 12.0 Å². The summed E-state index contributed by atoms with van der Waals surface area (Å²) in [6, 6.07) is 0. The van der Waals surface area contributed by atoms with Crippen LogP contribution in [-0.4, -0.2) is 4.37 Å². The average molecular weight is 137 g/mol. The molecule has 0 aliphatic carbocycles. The highest BCUT2D eigenvalue weighted by Gasteiger charge is 1.82. The lowest BCUT2D eigenvalue weighted by Crippen LogP contribution is -1.61.